The van der Waals surface area contributed by atoms with Gasteiger partial charge >= 0.3 is 0 Å². The summed E-state index contributed by atoms with van der Waals surface area (Å²) in [6.07, 6.45) is 2.69. The quantitative estimate of drug-likeness (QED) is 0.793. The normalized spacial score (nSPS) is 21.9. The second-order valence-electron chi connectivity index (χ2n) is 5.23. The van der Waals surface area contributed by atoms with Gasteiger partial charge in [-0.25, -0.2) is 0 Å². The van der Waals surface area contributed by atoms with Crippen LogP contribution in [0.1, 0.15) is 39.2 Å². The second-order valence-corrected chi connectivity index (χ2v) is 5.23. The highest BCUT2D eigenvalue weighted by molar-refractivity contribution is 5.47. The zero-order valence-corrected chi connectivity index (χ0v) is 11.9. The topological polar surface area (TPSA) is 15.3 Å². The molecule has 0 radical (unpaired) electrons. The van der Waals surface area contributed by atoms with E-state index in [-0.39, 0.29) is 0 Å². The van der Waals surface area contributed by atoms with Gasteiger partial charge in [-0.1, -0.05) is 25.5 Å². The van der Waals surface area contributed by atoms with E-state index in [1.54, 1.807) is 0 Å². The highest BCUT2D eigenvalue weighted by Crippen LogP contribution is 2.33. The minimum absolute atomic E-state index is 0.775. The van der Waals surface area contributed by atoms with Crippen LogP contribution >= 0.6 is 0 Å². The summed E-state index contributed by atoms with van der Waals surface area (Å²) in [5.74, 6) is 0.931. The van der Waals surface area contributed by atoms with Crippen LogP contribution in [0, 0.1) is 5.92 Å². The fraction of sp³-hybridized carbons (Fsp3) is 0.625. The number of anilines is 1. The van der Waals surface area contributed by atoms with Gasteiger partial charge < -0.3 is 10.2 Å². The van der Waals surface area contributed by atoms with Gasteiger partial charge in [0.2, 0.25) is 0 Å². The van der Waals surface area contributed by atoms with Gasteiger partial charge in [0.05, 0.1) is 0 Å². The first-order valence-corrected chi connectivity index (χ1v) is 7.35. The second kappa shape index (κ2) is 6.24. The predicted octanol–water partition coefficient (Wildman–Crippen LogP) is 3.42. The summed E-state index contributed by atoms with van der Waals surface area (Å²) in [6.45, 7) is 9.86. The van der Waals surface area contributed by atoms with E-state index in [1.807, 2.05) is 0 Å². The predicted molar refractivity (Wildman–Crippen MR) is 79.0 cm³/mol. The molecule has 2 unspecified atom stereocenters. The Kier molecular flexibility index (Phi) is 4.65. The van der Waals surface area contributed by atoms with Gasteiger partial charge in [-0.2, -0.15) is 0 Å². The third kappa shape index (κ3) is 3.26. The van der Waals surface area contributed by atoms with Gasteiger partial charge in [0.25, 0.3) is 0 Å². The minimum Gasteiger partial charge on any atom is -0.372 e. The van der Waals surface area contributed by atoms with Crippen LogP contribution < -0.4 is 10.2 Å². The van der Waals surface area contributed by atoms with Gasteiger partial charge in [0.15, 0.2) is 0 Å². The van der Waals surface area contributed by atoms with Crippen LogP contribution in [0.5, 0.6) is 0 Å². The van der Waals surface area contributed by atoms with Gasteiger partial charge in [-0.3, -0.25) is 0 Å². The summed E-state index contributed by atoms with van der Waals surface area (Å²) in [7, 11) is 0. The molecule has 0 aliphatic heterocycles. The molecular weight excluding hydrogens is 220 g/mol. The zero-order valence-electron chi connectivity index (χ0n) is 11.9. The first-order chi connectivity index (χ1) is 8.78. The molecule has 1 fully saturated rings. The fourth-order valence-corrected chi connectivity index (χ4v) is 2.61. The van der Waals surface area contributed by atoms with Crippen molar-refractivity contribution in [3.8, 4) is 0 Å². The lowest BCUT2D eigenvalue weighted by Crippen LogP contribution is -2.22. The highest BCUT2D eigenvalue weighted by atomic mass is 15.1. The molecule has 0 spiro atoms. The molecule has 100 valence electrons. The van der Waals surface area contributed by atoms with E-state index in [0.717, 1.165) is 31.6 Å². The van der Waals surface area contributed by atoms with E-state index >= 15 is 0 Å². The molecule has 0 amide bonds. The lowest BCUT2D eigenvalue weighted by atomic mass is 10.2. The van der Waals surface area contributed by atoms with Crippen LogP contribution in [-0.4, -0.2) is 19.1 Å². The lowest BCUT2D eigenvalue weighted by Gasteiger charge is -2.21. The first kappa shape index (κ1) is 13.4. The summed E-state index contributed by atoms with van der Waals surface area (Å²) in [5, 5.41) is 3.64. The Bertz CT molecular complexity index is 354. The molecule has 2 rings (SSSR count). The van der Waals surface area contributed by atoms with Crippen molar-refractivity contribution < 1.29 is 0 Å². The van der Waals surface area contributed by atoms with E-state index in [2.05, 4.69) is 55.3 Å². The average molecular weight is 246 g/mol. The van der Waals surface area contributed by atoms with Gasteiger partial charge in [-0.15, -0.1) is 0 Å². The van der Waals surface area contributed by atoms with Crippen LogP contribution in [-0.2, 0) is 6.54 Å². The van der Waals surface area contributed by atoms with Crippen LogP contribution in [0.15, 0.2) is 24.3 Å². The Morgan fingerprint density at radius 2 is 1.78 bits per heavy atom. The number of hydrogen-bond donors (Lipinski definition) is 1. The highest BCUT2D eigenvalue weighted by Gasteiger charge is 2.34. The molecular formula is C16H26N2. The van der Waals surface area contributed by atoms with Gasteiger partial charge in [0.1, 0.15) is 0 Å². The lowest BCUT2D eigenvalue weighted by molar-refractivity contribution is 0.623. The molecule has 1 aromatic rings. The Labute approximate surface area is 111 Å². The number of rotatable bonds is 7. The molecule has 1 aromatic carbocycles. The molecule has 2 heteroatoms. The Hall–Kier alpha value is -1.02. The van der Waals surface area contributed by atoms with Crippen molar-refractivity contribution in [2.45, 2.75) is 46.2 Å². The van der Waals surface area contributed by atoms with Crippen molar-refractivity contribution in [2.24, 2.45) is 5.92 Å². The smallest absolute Gasteiger partial charge is 0.0366 e. The van der Waals surface area contributed by atoms with E-state index in [4.69, 9.17) is 0 Å². The molecule has 1 saturated carbocycles. The molecule has 0 bridgehead atoms. The third-order valence-corrected chi connectivity index (χ3v) is 4.08. The first-order valence-electron chi connectivity index (χ1n) is 7.35. The Morgan fingerprint density at radius 1 is 1.11 bits per heavy atom. The van der Waals surface area contributed by atoms with E-state index in [1.165, 1.54) is 24.1 Å². The third-order valence-electron chi connectivity index (χ3n) is 4.08. The number of nitrogens with zero attached hydrogens (tertiary/aromatic N) is 1. The summed E-state index contributed by atoms with van der Waals surface area (Å²) in [4.78, 5) is 2.38. The van der Waals surface area contributed by atoms with Crippen molar-refractivity contribution in [3.05, 3.63) is 29.8 Å². The monoisotopic (exact) mass is 246 g/mol. The molecule has 1 N–H and O–H groups in total. The number of nitrogens with one attached hydrogen (secondary N) is 1. The largest absolute Gasteiger partial charge is 0.372 e. The van der Waals surface area contributed by atoms with Crippen molar-refractivity contribution in [3.63, 3.8) is 0 Å². The van der Waals surface area contributed by atoms with Crippen LogP contribution in [0.3, 0.4) is 0 Å². The summed E-state index contributed by atoms with van der Waals surface area (Å²) in [6, 6.07) is 9.77. The average Bonchev–Trinajstić information content (AvgIpc) is 3.18. The summed E-state index contributed by atoms with van der Waals surface area (Å²) in [5.41, 5.74) is 2.73. The van der Waals surface area contributed by atoms with Crippen molar-refractivity contribution in [1.82, 2.24) is 5.32 Å². The Morgan fingerprint density at radius 3 is 2.28 bits per heavy atom. The molecule has 0 aromatic heterocycles. The summed E-state index contributed by atoms with van der Waals surface area (Å²) >= 11 is 0. The Balaban J connectivity index is 1.84. The van der Waals surface area contributed by atoms with Crippen LogP contribution in [0.2, 0.25) is 0 Å². The van der Waals surface area contributed by atoms with Crippen LogP contribution in [0.4, 0.5) is 5.69 Å². The van der Waals surface area contributed by atoms with Crippen LogP contribution in [0.25, 0.3) is 0 Å². The molecule has 2 atom stereocenters. The molecule has 18 heavy (non-hydrogen) atoms. The van der Waals surface area contributed by atoms with Crippen molar-refractivity contribution in [1.29, 1.82) is 0 Å². The SMILES string of the molecule is CCC1CC1NCc1ccc(N(CC)CC)cc1. The molecule has 0 heterocycles. The fourth-order valence-electron chi connectivity index (χ4n) is 2.61. The molecule has 1 aliphatic carbocycles. The van der Waals surface area contributed by atoms with E-state index in [0.29, 0.717) is 0 Å². The van der Waals surface area contributed by atoms with Gasteiger partial charge in [-0.05, 0) is 43.9 Å². The van der Waals surface area contributed by atoms with E-state index in [9.17, 15) is 0 Å². The number of hydrogen-bond acceptors (Lipinski definition) is 2. The standard InChI is InChI=1S/C16H26N2/c1-4-14-11-16(14)17-12-13-7-9-15(10-8-13)18(5-2)6-3/h7-10,14,16-17H,4-6,11-12H2,1-3H3. The van der Waals surface area contributed by atoms with Gasteiger partial charge in [0, 0.05) is 31.4 Å². The molecule has 0 saturated heterocycles. The summed E-state index contributed by atoms with van der Waals surface area (Å²) < 4.78 is 0. The minimum atomic E-state index is 0.775. The van der Waals surface area contributed by atoms with Crippen molar-refractivity contribution in [2.75, 3.05) is 18.0 Å². The maximum Gasteiger partial charge on any atom is 0.0366 e. The maximum absolute atomic E-state index is 3.64. The van der Waals surface area contributed by atoms with Crippen molar-refractivity contribution >= 4 is 5.69 Å². The molecule has 1 aliphatic rings. The molecule has 2 nitrogen and oxygen atoms in total. The maximum atomic E-state index is 3.64. The number of benzene rings is 1. The van der Waals surface area contributed by atoms with E-state index < -0.39 is 0 Å². The zero-order chi connectivity index (χ0) is 13.0.